The highest BCUT2D eigenvalue weighted by Gasteiger charge is 2.35. The number of amides is 1. The number of anilines is 1. The van der Waals surface area contributed by atoms with E-state index in [1.54, 1.807) is 6.07 Å². The maximum absolute atomic E-state index is 13.6. The van der Waals surface area contributed by atoms with Crippen LogP contribution in [0.25, 0.3) is 21.3 Å². The number of aryl methyl sites for hydroxylation is 1. The van der Waals surface area contributed by atoms with Gasteiger partial charge in [0, 0.05) is 12.5 Å². The molecule has 1 N–H and O–H groups in total. The highest BCUT2D eigenvalue weighted by atomic mass is 32.2. The number of aromatic nitrogens is 3. The Labute approximate surface area is 223 Å². The SMILES string of the molecule is Cc1nnc(OS(=O)(=O)Cc2cc(C(=O)Nc3nc4ccc(-c5ccccc5)cc4s3)ccc2C(F)(F)F)o1. The predicted molar refractivity (Wildman–Crippen MR) is 137 cm³/mol. The molecule has 0 radical (unpaired) electrons. The minimum atomic E-state index is -4.88. The minimum absolute atomic E-state index is 0.000913. The Balaban J connectivity index is 1.40. The van der Waals surface area contributed by atoms with Gasteiger partial charge in [0.05, 0.1) is 15.8 Å². The summed E-state index contributed by atoms with van der Waals surface area (Å²) in [4.78, 5) is 17.3. The van der Waals surface area contributed by atoms with Crippen molar-refractivity contribution < 1.29 is 35.0 Å². The van der Waals surface area contributed by atoms with Gasteiger partial charge in [-0.15, -0.1) is 5.10 Å². The van der Waals surface area contributed by atoms with Gasteiger partial charge < -0.3 is 8.60 Å². The number of rotatable bonds is 7. The molecule has 5 rings (SSSR count). The molecule has 0 atom stereocenters. The van der Waals surface area contributed by atoms with Gasteiger partial charge in [-0.1, -0.05) is 52.8 Å². The molecule has 3 aromatic carbocycles. The molecule has 0 aliphatic carbocycles. The van der Waals surface area contributed by atoms with E-state index in [1.807, 2.05) is 42.5 Å². The van der Waals surface area contributed by atoms with Gasteiger partial charge in [-0.25, -0.2) is 4.98 Å². The summed E-state index contributed by atoms with van der Waals surface area (Å²) in [7, 11) is -4.64. The van der Waals surface area contributed by atoms with Gasteiger partial charge in [-0.3, -0.25) is 10.1 Å². The van der Waals surface area contributed by atoms with Crippen molar-refractivity contribution in [2.75, 3.05) is 5.32 Å². The zero-order valence-electron chi connectivity index (χ0n) is 19.9. The third-order valence-electron chi connectivity index (χ3n) is 5.43. The number of carbonyl (C=O) groups is 1. The van der Waals surface area contributed by atoms with Gasteiger partial charge in [0.15, 0.2) is 5.13 Å². The van der Waals surface area contributed by atoms with Crippen LogP contribution in [-0.2, 0) is 22.0 Å². The molecule has 9 nitrogen and oxygen atoms in total. The molecule has 0 fully saturated rings. The Hall–Kier alpha value is -4.30. The van der Waals surface area contributed by atoms with Crippen LogP contribution in [0.2, 0.25) is 0 Å². The maximum Gasteiger partial charge on any atom is 0.430 e. The van der Waals surface area contributed by atoms with E-state index >= 15 is 0 Å². The molecular formula is C25H17F3N4O5S2. The summed E-state index contributed by atoms with van der Waals surface area (Å²) >= 11 is 1.19. The van der Waals surface area contributed by atoms with E-state index in [9.17, 15) is 26.4 Å². The predicted octanol–water partition coefficient (Wildman–Crippen LogP) is 5.83. The molecule has 0 bridgehead atoms. The van der Waals surface area contributed by atoms with Crippen molar-refractivity contribution in [3.8, 4) is 17.2 Å². The lowest BCUT2D eigenvalue weighted by Crippen LogP contribution is -2.19. The summed E-state index contributed by atoms with van der Waals surface area (Å²) in [5.74, 6) is -1.97. The number of hydrogen-bond donors (Lipinski definition) is 1. The largest absolute Gasteiger partial charge is 0.430 e. The van der Waals surface area contributed by atoms with E-state index in [4.69, 9.17) is 4.42 Å². The first-order valence-corrected chi connectivity index (χ1v) is 13.6. The van der Waals surface area contributed by atoms with Crippen molar-refractivity contribution >= 4 is 42.7 Å². The Bertz CT molecular complexity index is 1780. The Morgan fingerprint density at radius 3 is 2.49 bits per heavy atom. The van der Waals surface area contributed by atoms with Crippen LogP contribution in [0.1, 0.15) is 27.4 Å². The fourth-order valence-corrected chi connectivity index (χ4v) is 5.59. The van der Waals surface area contributed by atoms with Gasteiger partial charge in [-0.05, 0) is 47.0 Å². The second-order valence-electron chi connectivity index (χ2n) is 8.26. The maximum atomic E-state index is 13.6. The zero-order valence-corrected chi connectivity index (χ0v) is 21.5. The van der Waals surface area contributed by atoms with Crippen molar-refractivity contribution in [2.24, 2.45) is 0 Å². The molecule has 0 saturated carbocycles. The molecule has 2 aromatic heterocycles. The van der Waals surface area contributed by atoms with Crippen LogP contribution in [0.4, 0.5) is 18.3 Å². The average molecular weight is 575 g/mol. The molecule has 0 spiro atoms. The second kappa shape index (κ2) is 10.1. The number of halogens is 3. The van der Waals surface area contributed by atoms with Crippen molar-refractivity contribution in [1.29, 1.82) is 0 Å². The van der Waals surface area contributed by atoms with Gasteiger partial charge in [0.1, 0.15) is 5.75 Å². The summed E-state index contributed by atoms with van der Waals surface area (Å²) in [6.45, 7) is 1.38. The highest BCUT2D eigenvalue weighted by Crippen LogP contribution is 2.34. The van der Waals surface area contributed by atoms with Crippen molar-refractivity contribution in [2.45, 2.75) is 18.9 Å². The Morgan fingerprint density at radius 2 is 1.79 bits per heavy atom. The van der Waals surface area contributed by atoms with E-state index in [1.165, 1.54) is 18.3 Å². The second-order valence-corrected chi connectivity index (χ2v) is 10.9. The number of nitrogens with one attached hydrogen (secondary N) is 1. The number of fused-ring (bicyclic) bond motifs is 1. The molecule has 14 heteroatoms. The molecule has 39 heavy (non-hydrogen) atoms. The molecule has 0 aliphatic heterocycles. The van der Waals surface area contributed by atoms with Crippen LogP contribution in [0.15, 0.2) is 71.1 Å². The summed E-state index contributed by atoms with van der Waals surface area (Å²) in [5, 5.41) is 9.57. The van der Waals surface area contributed by atoms with E-state index in [0.29, 0.717) is 11.6 Å². The first-order valence-electron chi connectivity index (χ1n) is 11.2. The van der Waals surface area contributed by atoms with Crippen LogP contribution in [-0.4, -0.2) is 29.5 Å². The molecule has 200 valence electrons. The van der Waals surface area contributed by atoms with E-state index < -0.39 is 45.2 Å². The third-order valence-corrected chi connectivity index (χ3v) is 7.42. The third kappa shape index (κ3) is 6.07. The van der Waals surface area contributed by atoms with E-state index in [-0.39, 0.29) is 16.6 Å². The van der Waals surface area contributed by atoms with Gasteiger partial charge >= 0.3 is 22.4 Å². The lowest BCUT2D eigenvalue weighted by Gasteiger charge is -2.14. The summed E-state index contributed by atoms with van der Waals surface area (Å²) in [6.07, 6.45) is -5.62. The molecule has 1 amide bonds. The highest BCUT2D eigenvalue weighted by molar-refractivity contribution is 7.86. The van der Waals surface area contributed by atoms with Gasteiger partial charge in [0.2, 0.25) is 5.89 Å². The first-order chi connectivity index (χ1) is 18.5. The number of thiazole rings is 1. The summed E-state index contributed by atoms with van der Waals surface area (Å²) in [5.41, 5.74) is 0.457. The van der Waals surface area contributed by atoms with Crippen molar-refractivity contribution in [1.82, 2.24) is 15.2 Å². The smallest absolute Gasteiger partial charge is 0.393 e. The Kier molecular flexibility index (Phi) is 6.82. The number of benzene rings is 3. The van der Waals surface area contributed by atoms with E-state index in [2.05, 4.69) is 24.7 Å². The standard InChI is InChI=1S/C25H17F3N4O5S2/c1-14-31-32-24(36-14)37-39(34,35)13-18-11-17(7-9-19(18)25(26,27)28)22(33)30-23-29-20-10-8-16(12-21(20)38-23)15-5-3-2-4-6-15/h2-12H,13H2,1H3,(H,29,30,33). The molecule has 0 unspecified atom stereocenters. The molecular weight excluding hydrogens is 557 g/mol. The normalized spacial score (nSPS) is 12.0. The van der Waals surface area contributed by atoms with Crippen LogP contribution in [0.5, 0.6) is 6.08 Å². The van der Waals surface area contributed by atoms with E-state index in [0.717, 1.165) is 28.0 Å². The summed E-state index contributed by atoms with van der Waals surface area (Å²) < 4.78 is 76.0. The van der Waals surface area contributed by atoms with Crippen LogP contribution >= 0.6 is 11.3 Å². The molecule has 5 aromatic rings. The van der Waals surface area contributed by atoms with Crippen molar-refractivity contribution in [3.63, 3.8) is 0 Å². The van der Waals surface area contributed by atoms with Gasteiger partial charge in [0.25, 0.3) is 5.91 Å². The number of alkyl halides is 3. The first kappa shape index (κ1) is 26.3. The lowest BCUT2D eigenvalue weighted by molar-refractivity contribution is -0.138. The lowest BCUT2D eigenvalue weighted by atomic mass is 10.0. The average Bonchev–Trinajstić information content (AvgIpc) is 3.47. The fraction of sp³-hybridized carbons (Fsp3) is 0.120. The van der Waals surface area contributed by atoms with Crippen LogP contribution in [0, 0.1) is 6.92 Å². The topological polar surface area (TPSA) is 124 Å². The van der Waals surface area contributed by atoms with Crippen molar-refractivity contribution in [3.05, 3.63) is 89.3 Å². The molecule has 0 aliphatic rings. The Morgan fingerprint density at radius 1 is 1.03 bits per heavy atom. The number of nitrogens with zero attached hydrogens (tertiary/aromatic N) is 3. The quantitative estimate of drug-likeness (QED) is 0.241. The summed E-state index contributed by atoms with van der Waals surface area (Å²) in [6, 6.07) is 17.7. The monoisotopic (exact) mass is 574 g/mol. The van der Waals surface area contributed by atoms with Gasteiger partial charge in [-0.2, -0.15) is 21.6 Å². The molecule has 0 saturated heterocycles. The van der Waals surface area contributed by atoms with Crippen LogP contribution < -0.4 is 9.50 Å². The fourth-order valence-electron chi connectivity index (χ4n) is 3.73. The number of carbonyl (C=O) groups excluding carboxylic acids is 1. The molecule has 2 heterocycles. The van der Waals surface area contributed by atoms with Crippen LogP contribution in [0.3, 0.4) is 0 Å². The minimum Gasteiger partial charge on any atom is -0.393 e. The zero-order chi connectivity index (χ0) is 27.8. The number of hydrogen-bond acceptors (Lipinski definition) is 9.